The third-order valence-corrected chi connectivity index (χ3v) is 10.1. The van der Waals surface area contributed by atoms with E-state index in [1.165, 1.54) is 10.5 Å². The Labute approximate surface area is 337 Å². The van der Waals surface area contributed by atoms with E-state index in [0.29, 0.717) is 35.6 Å². The summed E-state index contributed by atoms with van der Waals surface area (Å²) in [6.07, 6.45) is 1.25. The highest BCUT2D eigenvalue weighted by atomic mass is 16.5. The van der Waals surface area contributed by atoms with Gasteiger partial charge in [0.05, 0.1) is 26.4 Å². The minimum atomic E-state index is -0.720. The number of likely N-dealkylation sites (N-methyl/N-ethyl adjacent to an activating group) is 1. The molecule has 2 aliphatic rings. The first kappa shape index (κ1) is 41.3. The summed E-state index contributed by atoms with van der Waals surface area (Å²) in [7, 11) is 1.69. The summed E-state index contributed by atoms with van der Waals surface area (Å²) in [5, 5.41) is 15.0. The lowest BCUT2D eigenvalue weighted by Crippen LogP contribution is -2.52. The summed E-state index contributed by atoms with van der Waals surface area (Å²) in [6.45, 7) is 3.78. The van der Waals surface area contributed by atoms with Crippen molar-refractivity contribution in [2.45, 2.75) is 38.8 Å². The van der Waals surface area contributed by atoms with Gasteiger partial charge in [-0.1, -0.05) is 61.5 Å². The molecule has 0 aromatic heterocycles. The molecule has 13 heteroatoms. The number of carbonyl (C=O) groups excluding carboxylic acids is 5. The summed E-state index contributed by atoms with van der Waals surface area (Å²) in [5.74, 6) is -0.764. The second-order valence-corrected chi connectivity index (χ2v) is 14.0. The molecular weight excluding hydrogens is 741 g/mol. The number of amides is 5. The minimum Gasteiger partial charge on any atom is -0.508 e. The van der Waals surface area contributed by atoms with Crippen molar-refractivity contribution < 1.29 is 43.3 Å². The number of phenols is 1. The Balaban J connectivity index is 0.869. The first-order valence-electron chi connectivity index (χ1n) is 19.4. The van der Waals surface area contributed by atoms with Crippen molar-refractivity contribution in [3.05, 3.63) is 130 Å². The molecular formula is C45H48N4O9. The van der Waals surface area contributed by atoms with Crippen LogP contribution < -0.4 is 15.4 Å². The van der Waals surface area contributed by atoms with Gasteiger partial charge in [0, 0.05) is 37.7 Å². The molecule has 3 N–H and O–H groups in total. The standard InChI is InChI=1S/C45H48N4O9/c1-3-37(30-7-5-4-6-8-30)42(31-9-14-35(50)15-10-31)32-11-16-36(17-12-32)58-24-22-48(2)41(52)29-57-26-25-56-23-21-46-43(53)33-13-18-38-34(27-33)28-49(45(38)55)39-19-20-40(51)47-44(39)54/h4-18,27,39,50H,3,19-26,28-29H2,1-2H3,(H,46,53)(H,47,51,54)/b42-37+/t39-/m1/s1. The number of hydrogen-bond acceptors (Lipinski definition) is 9. The van der Waals surface area contributed by atoms with Crippen LogP contribution in [0.3, 0.4) is 0 Å². The maximum Gasteiger partial charge on any atom is 0.255 e. The lowest BCUT2D eigenvalue weighted by Gasteiger charge is -2.29. The average molecular weight is 789 g/mol. The first-order chi connectivity index (χ1) is 28.1. The van der Waals surface area contributed by atoms with E-state index in [9.17, 15) is 29.1 Å². The monoisotopic (exact) mass is 788 g/mol. The average Bonchev–Trinajstić information content (AvgIpc) is 3.56. The normalized spacial score (nSPS) is 15.4. The highest BCUT2D eigenvalue weighted by Gasteiger charge is 2.39. The second-order valence-electron chi connectivity index (χ2n) is 14.0. The Kier molecular flexibility index (Phi) is 14.0. The van der Waals surface area contributed by atoms with Crippen LogP contribution in [0.1, 0.15) is 69.2 Å². The van der Waals surface area contributed by atoms with Gasteiger partial charge in [0.1, 0.15) is 30.8 Å². The molecule has 0 bridgehead atoms. The molecule has 5 amide bonds. The Morgan fingerprint density at radius 3 is 2.24 bits per heavy atom. The van der Waals surface area contributed by atoms with Gasteiger partial charge < -0.3 is 34.4 Å². The van der Waals surface area contributed by atoms with Gasteiger partial charge >= 0.3 is 0 Å². The summed E-state index contributed by atoms with van der Waals surface area (Å²) in [6, 6.07) is 29.4. The zero-order chi connectivity index (χ0) is 41.0. The second kappa shape index (κ2) is 19.7. The molecule has 1 fully saturated rings. The van der Waals surface area contributed by atoms with Crippen LogP contribution in [0.4, 0.5) is 0 Å². The highest BCUT2D eigenvalue weighted by molar-refractivity contribution is 6.06. The number of nitrogens with zero attached hydrogens (tertiary/aromatic N) is 2. The number of hydrogen-bond donors (Lipinski definition) is 3. The quantitative estimate of drug-likeness (QED) is 0.0729. The SMILES string of the molecule is CC/C(=C(/c1ccc(O)cc1)c1ccc(OCCN(C)C(=O)COCCOCCNC(=O)c2ccc3c(c2)CN([C@@H]2CCC(=O)NC2=O)C3=O)cc1)c1ccccc1. The number of nitrogens with one attached hydrogen (secondary N) is 2. The molecule has 2 heterocycles. The Bertz CT molecular complexity index is 2140. The van der Waals surface area contributed by atoms with E-state index in [0.717, 1.165) is 28.7 Å². The molecule has 302 valence electrons. The van der Waals surface area contributed by atoms with Crippen molar-refractivity contribution in [3.63, 3.8) is 0 Å². The van der Waals surface area contributed by atoms with Crippen molar-refractivity contribution in [2.24, 2.45) is 0 Å². The first-order valence-corrected chi connectivity index (χ1v) is 19.4. The van der Waals surface area contributed by atoms with Gasteiger partial charge in [-0.3, -0.25) is 29.3 Å². The third-order valence-electron chi connectivity index (χ3n) is 10.1. The summed E-state index contributed by atoms with van der Waals surface area (Å²) < 4.78 is 17.0. The number of aromatic hydroxyl groups is 1. The van der Waals surface area contributed by atoms with Crippen molar-refractivity contribution in [1.82, 2.24) is 20.4 Å². The van der Waals surface area contributed by atoms with Gasteiger partial charge in [-0.15, -0.1) is 0 Å². The van der Waals surface area contributed by atoms with Crippen molar-refractivity contribution >= 4 is 40.7 Å². The molecule has 1 atom stereocenters. The van der Waals surface area contributed by atoms with Crippen LogP contribution in [-0.4, -0.2) is 104 Å². The summed E-state index contributed by atoms with van der Waals surface area (Å²) in [4.78, 5) is 65.1. The fraction of sp³-hybridized carbons (Fsp3) is 0.311. The van der Waals surface area contributed by atoms with E-state index in [-0.39, 0.29) is 81.7 Å². The van der Waals surface area contributed by atoms with Crippen LogP contribution in [0.25, 0.3) is 11.1 Å². The number of imide groups is 1. The molecule has 13 nitrogen and oxygen atoms in total. The molecule has 4 aromatic rings. The van der Waals surface area contributed by atoms with Crippen LogP contribution >= 0.6 is 0 Å². The molecule has 0 radical (unpaired) electrons. The molecule has 6 rings (SSSR count). The predicted octanol–water partition coefficient (Wildman–Crippen LogP) is 4.82. The lowest BCUT2D eigenvalue weighted by molar-refractivity contribution is -0.137. The van der Waals surface area contributed by atoms with Crippen LogP contribution in [0.2, 0.25) is 0 Å². The van der Waals surface area contributed by atoms with Gasteiger partial charge in [-0.25, -0.2) is 0 Å². The number of phenolic OH excluding ortho intramolecular Hbond substituents is 1. The number of benzene rings is 4. The van der Waals surface area contributed by atoms with Crippen LogP contribution in [0, 0.1) is 0 Å². The fourth-order valence-electron chi connectivity index (χ4n) is 6.99. The van der Waals surface area contributed by atoms with Crippen LogP contribution in [0.15, 0.2) is 97.1 Å². The molecule has 58 heavy (non-hydrogen) atoms. The smallest absolute Gasteiger partial charge is 0.255 e. The van der Waals surface area contributed by atoms with Crippen molar-refractivity contribution in [2.75, 3.05) is 53.2 Å². The number of ether oxygens (including phenoxy) is 3. The lowest BCUT2D eigenvalue weighted by atomic mass is 9.88. The van der Waals surface area contributed by atoms with E-state index in [1.54, 1.807) is 42.3 Å². The Hall–Kier alpha value is -6.31. The molecule has 4 aromatic carbocycles. The molecule has 0 saturated carbocycles. The van der Waals surface area contributed by atoms with Crippen molar-refractivity contribution in [3.8, 4) is 11.5 Å². The minimum absolute atomic E-state index is 0.110. The molecule has 0 aliphatic carbocycles. The number of fused-ring (bicyclic) bond motifs is 1. The van der Waals surface area contributed by atoms with Crippen LogP contribution in [-0.2, 0) is 30.4 Å². The maximum absolute atomic E-state index is 12.9. The van der Waals surface area contributed by atoms with Crippen LogP contribution in [0.5, 0.6) is 11.5 Å². The summed E-state index contributed by atoms with van der Waals surface area (Å²) in [5.41, 5.74) is 6.89. The van der Waals surface area contributed by atoms with Gasteiger partial charge in [0.25, 0.3) is 11.8 Å². The number of rotatable bonds is 18. The Morgan fingerprint density at radius 1 is 0.845 bits per heavy atom. The maximum atomic E-state index is 12.9. The number of piperidine rings is 1. The zero-order valence-electron chi connectivity index (χ0n) is 32.7. The third kappa shape index (κ3) is 10.3. The summed E-state index contributed by atoms with van der Waals surface area (Å²) >= 11 is 0. The van der Waals surface area contributed by atoms with E-state index >= 15 is 0 Å². The van der Waals surface area contributed by atoms with Gasteiger partial charge in [0.15, 0.2) is 0 Å². The van der Waals surface area contributed by atoms with E-state index in [4.69, 9.17) is 14.2 Å². The van der Waals surface area contributed by atoms with E-state index in [1.807, 2.05) is 54.6 Å². The zero-order valence-corrected chi connectivity index (χ0v) is 32.7. The van der Waals surface area contributed by atoms with E-state index in [2.05, 4.69) is 29.7 Å². The number of carbonyl (C=O) groups is 5. The fourth-order valence-corrected chi connectivity index (χ4v) is 6.99. The molecule has 1 saturated heterocycles. The Morgan fingerprint density at radius 2 is 1.53 bits per heavy atom. The van der Waals surface area contributed by atoms with Gasteiger partial charge in [-0.2, -0.15) is 0 Å². The highest BCUT2D eigenvalue weighted by Crippen LogP contribution is 2.35. The van der Waals surface area contributed by atoms with E-state index < -0.39 is 11.9 Å². The molecule has 0 unspecified atom stereocenters. The van der Waals surface area contributed by atoms with Crippen molar-refractivity contribution in [1.29, 1.82) is 0 Å². The molecule has 2 aliphatic heterocycles. The topological polar surface area (TPSA) is 164 Å². The largest absolute Gasteiger partial charge is 0.508 e. The number of allylic oxidation sites excluding steroid dienone is 1. The molecule has 0 spiro atoms. The van der Waals surface area contributed by atoms with Gasteiger partial charge in [0.2, 0.25) is 17.7 Å². The van der Waals surface area contributed by atoms with Gasteiger partial charge in [-0.05, 0) is 88.7 Å². The predicted molar refractivity (Wildman–Crippen MR) is 217 cm³/mol.